The third-order valence-electron chi connectivity index (χ3n) is 4.89. The minimum absolute atomic E-state index is 1.29. The van der Waals surface area contributed by atoms with Gasteiger partial charge in [0.15, 0.2) is 10.1 Å². The van der Waals surface area contributed by atoms with Crippen LogP contribution < -0.4 is 4.90 Å². The summed E-state index contributed by atoms with van der Waals surface area (Å²) in [6.45, 7) is 5.88. The second-order valence-electron chi connectivity index (χ2n) is 7.51. The van der Waals surface area contributed by atoms with E-state index in [2.05, 4.69) is 32.2 Å². The molecule has 1 rings (SSSR count). The predicted molar refractivity (Wildman–Crippen MR) is 110 cm³/mol. The number of halogens is 3. The number of hydrogen-bond donors (Lipinski definition) is 1. The summed E-state index contributed by atoms with van der Waals surface area (Å²) in [6, 6.07) is 0. The molecule has 0 aromatic carbocycles. The maximum Gasteiger partial charge on any atom is 0.485 e. The van der Waals surface area contributed by atoms with Gasteiger partial charge in [0.25, 0.3) is 0 Å². The molecule has 172 valence electrons. The van der Waals surface area contributed by atoms with E-state index in [0.717, 1.165) is 0 Å². The van der Waals surface area contributed by atoms with Gasteiger partial charge < -0.3 is 4.55 Å². The van der Waals surface area contributed by atoms with Gasteiger partial charge in [0, 0.05) is 12.5 Å². The molecule has 0 saturated carbocycles. The molecular weight excluding hydrogens is 403 g/mol. The fourth-order valence-electron chi connectivity index (χ4n) is 3.15. The largest absolute Gasteiger partial charge is 0.741 e. The molecule has 4 nitrogen and oxygen atoms in total. The van der Waals surface area contributed by atoms with Crippen molar-refractivity contribution < 1.29 is 31.0 Å². The Labute approximate surface area is 175 Å². The van der Waals surface area contributed by atoms with E-state index < -0.39 is 15.6 Å². The predicted octanol–water partition coefficient (Wildman–Crippen LogP) is 5.45. The monoisotopic (exact) mass is 441 g/mol. The van der Waals surface area contributed by atoms with Crippen LogP contribution in [0.3, 0.4) is 0 Å². The lowest BCUT2D eigenvalue weighted by atomic mass is 10.1. The standard InChI is InChI=1S/C20H37N.CHF3O3S/c1-3-5-7-8-9-10-11-12-13-14-18-21-19-15-17-20(21)16-6-4-2;2-1(3,4)8(5,6)7/h15,17,19H,3-14,16,18H2,1-2H3;(H,5,6,7). The molecule has 0 fully saturated rings. The number of allylic oxidation sites excluding steroid dienone is 3. The Hall–Kier alpha value is -0.860. The van der Waals surface area contributed by atoms with Crippen LogP contribution >= 0.6 is 0 Å². The zero-order valence-electron chi connectivity index (χ0n) is 17.9. The first-order valence-electron chi connectivity index (χ1n) is 10.9. The molecular formula is C21H38F3NO3S. The molecule has 0 aromatic heterocycles. The minimum Gasteiger partial charge on any atom is -0.741 e. The molecule has 0 bridgehead atoms. The van der Waals surface area contributed by atoms with Gasteiger partial charge in [-0.15, -0.1) is 0 Å². The SMILES string of the molecule is CCCCCCCCCCCC[NH+]1C=CC=C1CCCC.O=S(=O)([O-])C(F)(F)F. The molecule has 1 aliphatic rings. The van der Waals surface area contributed by atoms with Crippen LogP contribution in [0.4, 0.5) is 13.2 Å². The lowest BCUT2D eigenvalue weighted by Crippen LogP contribution is -3.04. The normalized spacial score (nSPS) is 16.5. The van der Waals surface area contributed by atoms with Gasteiger partial charge in [-0.25, -0.2) is 8.42 Å². The highest BCUT2D eigenvalue weighted by atomic mass is 32.2. The third-order valence-corrected chi connectivity index (χ3v) is 5.46. The summed E-state index contributed by atoms with van der Waals surface area (Å²) in [5, 5.41) is 0. The molecule has 1 atom stereocenters. The van der Waals surface area contributed by atoms with Crippen molar-refractivity contribution in [1.82, 2.24) is 0 Å². The summed E-state index contributed by atoms with van der Waals surface area (Å²) >= 11 is 0. The highest BCUT2D eigenvalue weighted by Crippen LogP contribution is 2.20. The maximum atomic E-state index is 10.7. The quantitative estimate of drug-likeness (QED) is 0.222. The summed E-state index contributed by atoms with van der Waals surface area (Å²) in [5.74, 6) is 0. The fourth-order valence-corrected chi connectivity index (χ4v) is 3.15. The summed E-state index contributed by atoms with van der Waals surface area (Å²) in [6.07, 6.45) is 25.2. The highest BCUT2D eigenvalue weighted by Gasteiger charge is 2.36. The van der Waals surface area contributed by atoms with Crippen LogP contribution in [-0.4, -0.2) is 25.0 Å². The second-order valence-corrected chi connectivity index (χ2v) is 8.88. The molecule has 0 aromatic rings. The first kappa shape index (κ1) is 28.1. The zero-order chi connectivity index (χ0) is 22.2. The molecule has 29 heavy (non-hydrogen) atoms. The van der Waals surface area contributed by atoms with Gasteiger partial charge >= 0.3 is 5.51 Å². The van der Waals surface area contributed by atoms with Gasteiger partial charge in [-0.3, -0.25) is 4.90 Å². The Kier molecular flexibility index (Phi) is 15.4. The van der Waals surface area contributed by atoms with Crippen LogP contribution in [0.25, 0.3) is 0 Å². The average molecular weight is 442 g/mol. The summed E-state index contributed by atoms with van der Waals surface area (Å²) in [7, 11) is -6.09. The molecule has 8 heteroatoms. The average Bonchev–Trinajstić information content (AvgIpc) is 3.07. The van der Waals surface area contributed by atoms with Crippen molar-refractivity contribution in [2.45, 2.75) is 103 Å². The van der Waals surface area contributed by atoms with Crippen LogP contribution in [0.1, 0.15) is 97.3 Å². The first-order chi connectivity index (χ1) is 13.6. The van der Waals surface area contributed by atoms with Crippen molar-refractivity contribution >= 4 is 10.1 Å². The Morgan fingerprint density at radius 3 is 1.76 bits per heavy atom. The number of rotatable bonds is 14. The summed E-state index contributed by atoms with van der Waals surface area (Å²) in [4.78, 5) is 1.63. The molecule has 0 aliphatic carbocycles. The third kappa shape index (κ3) is 14.7. The van der Waals surface area contributed by atoms with Gasteiger partial charge in [0.05, 0.1) is 12.7 Å². The van der Waals surface area contributed by atoms with Crippen molar-refractivity contribution in [2.24, 2.45) is 0 Å². The van der Waals surface area contributed by atoms with Crippen LogP contribution in [0.2, 0.25) is 0 Å². The Morgan fingerprint density at radius 2 is 1.31 bits per heavy atom. The van der Waals surface area contributed by atoms with Gasteiger partial charge in [0.2, 0.25) is 0 Å². The molecule has 0 radical (unpaired) electrons. The number of alkyl halides is 3. The lowest BCUT2D eigenvalue weighted by molar-refractivity contribution is -0.804. The van der Waals surface area contributed by atoms with E-state index >= 15 is 0 Å². The Bertz CT molecular complexity index is 572. The van der Waals surface area contributed by atoms with Crippen LogP contribution in [-0.2, 0) is 10.1 Å². The van der Waals surface area contributed by atoms with E-state index in [9.17, 15) is 13.2 Å². The molecule has 1 N–H and O–H groups in total. The van der Waals surface area contributed by atoms with Crippen LogP contribution in [0, 0.1) is 0 Å². The van der Waals surface area contributed by atoms with Crippen molar-refractivity contribution in [3.05, 3.63) is 24.0 Å². The van der Waals surface area contributed by atoms with Crippen molar-refractivity contribution in [1.29, 1.82) is 0 Å². The molecule has 1 unspecified atom stereocenters. The highest BCUT2D eigenvalue weighted by molar-refractivity contribution is 7.86. The maximum absolute atomic E-state index is 10.7. The molecule has 0 amide bonds. The minimum atomic E-state index is -6.09. The van der Waals surface area contributed by atoms with E-state index in [1.165, 1.54) is 90.0 Å². The van der Waals surface area contributed by atoms with E-state index in [1.807, 2.05) is 0 Å². The van der Waals surface area contributed by atoms with Gasteiger partial charge in [-0.05, 0) is 25.3 Å². The van der Waals surface area contributed by atoms with E-state index in [-0.39, 0.29) is 0 Å². The zero-order valence-corrected chi connectivity index (χ0v) is 18.7. The van der Waals surface area contributed by atoms with Gasteiger partial charge in [-0.2, -0.15) is 13.2 Å². The van der Waals surface area contributed by atoms with Crippen molar-refractivity contribution in [2.75, 3.05) is 6.54 Å². The number of unbranched alkanes of at least 4 members (excludes halogenated alkanes) is 10. The van der Waals surface area contributed by atoms with Crippen LogP contribution in [0.15, 0.2) is 24.0 Å². The molecule has 1 aliphatic heterocycles. The number of nitrogens with one attached hydrogen (secondary N) is 1. The number of quaternary nitrogens is 1. The smallest absolute Gasteiger partial charge is 0.485 e. The second kappa shape index (κ2) is 15.9. The summed E-state index contributed by atoms with van der Waals surface area (Å²) < 4.78 is 58.9. The Balaban J connectivity index is 0.000000828. The Morgan fingerprint density at radius 1 is 0.862 bits per heavy atom. The first-order valence-corrected chi connectivity index (χ1v) is 12.3. The van der Waals surface area contributed by atoms with Crippen LogP contribution in [0.5, 0.6) is 0 Å². The molecule has 1 heterocycles. The topological polar surface area (TPSA) is 61.6 Å². The fraction of sp³-hybridized carbons (Fsp3) is 0.810. The van der Waals surface area contributed by atoms with Crippen molar-refractivity contribution in [3.8, 4) is 0 Å². The lowest BCUT2D eigenvalue weighted by Gasteiger charge is -2.14. The molecule has 0 saturated heterocycles. The van der Waals surface area contributed by atoms with Crippen molar-refractivity contribution in [3.63, 3.8) is 0 Å². The van der Waals surface area contributed by atoms with E-state index in [0.29, 0.717) is 0 Å². The van der Waals surface area contributed by atoms with E-state index in [1.54, 1.807) is 10.6 Å². The summed E-state index contributed by atoms with van der Waals surface area (Å²) in [5.41, 5.74) is -4.03. The van der Waals surface area contributed by atoms with E-state index in [4.69, 9.17) is 13.0 Å². The molecule has 0 spiro atoms. The van der Waals surface area contributed by atoms with Gasteiger partial charge in [0.1, 0.15) is 5.70 Å². The van der Waals surface area contributed by atoms with Gasteiger partial charge in [-0.1, -0.05) is 71.6 Å². The number of hydrogen-bond acceptors (Lipinski definition) is 3.